The topological polar surface area (TPSA) is 104 Å². The zero-order valence-electron chi connectivity index (χ0n) is 11.8. The van der Waals surface area contributed by atoms with E-state index in [1.165, 1.54) is 6.20 Å². The van der Waals surface area contributed by atoms with Gasteiger partial charge in [-0.3, -0.25) is 5.10 Å². The molecule has 0 aliphatic carbocycles. The molecule has 112 valence electrons. The van der Waals surface area contributed by atoms with Crippen LogP contribution in [0.15, 0.2) is 36.7 Å². The summed E-state index contributed by atoms with van der Waals surface area (Å²) in [6.45, 7) is 2.55. The Balaban J connectivity index is 1.90. The molecule has 0 radical (unpaired) electrons. The molecule has 0 saturated heterocycles. The third kappa shape index (κ3) is 2.56. The average molecular weight is 298 g/mol. The highest BCUT2D eigenvalue weighted by Crippen LogP contribution is 2.25. The zero-order chi connectivity index (χ0) is 15.5. The number of benzene rings is 1. The van der Waals surface area contributed by atoms with E-state index in [0.29, 0.717) is 18.0 Å². The van der Waals surface area contributed by atoms with Crippen LogP contribution < -0.4 is 4.74 Å². The summed E-state index contributed by atoms with van der Waals surface area (Å²) in [5.41, 5.74) is 2.15. The molecule has 0 spiro atoms. The van der Waals surface area contributed by atoms with Crippen LogP contribution in [0.1, 0.15) is 17.4 Å². The largest absolute Gasteiger partial charge is 0.494 e. The number of hydrogen-bond donors (Lipinski definition) is 3. The second-order valence-corrected chi connectivity index (χ2v) is 4.57. The van der Waals surface area contributed by atoms with Crippen molar-refractivity contribution in [2.45, 2.75) is 6.92 Å². The third-order valence-electron chi connectivity index (χ3n) is 3.16. The lowest BCUT2D eigenvalue weighted by Crippen LogP contribution is -1.99. The molecule has 0 amide bonds. The maximum absolute atomic E-state index is 11.1. The van der Waals surface area contributed by atoms with E-state index in [4.69, 9.17) is 9.84 Å². The molecule has 1 aromatic carbocycles. The van der Waals surface area contributed by atoms with Crippen molar-refractivity contribution in [2.75, 3.05) is 6.61 Å². The van der Waals surface area contributed by atoms with Crippen molar-refractivity contribution < 1.29 is 14.6 Å². The second-order valence-electron chi connectivity index (χ2n) is 4.57. The quantitative estimate of drug-likeness (QED) is 0.671. The summed E-state index contributed by atoms with van der Waals surface area (Å²) < 4.78 is 5.40. The first kappa shape index (κ1) is 13.9. The van der Waals surface area contributed by atoms with Gasteiger partial charge in [-0.1, -0.05) is 0 Å². The minimum absolute atomic E-state index is 0.00703. The fourth-order valence-corrected chi connectivity index (χ4v) is 2.13. The standard InChI is InChI=1S/C15H14N4O3/c1-2-22-10-5-3-9(4-6-10)12-8-16-14(18-12)11-7-17-19-13(11)15(20)21/h3-8H,2H2,1H3,(H,16,18)(H,17,19)(H,20,21). The number of carbonyl (C=O) groups is 1. The number of aromatic carboxylic acids is 1. The number of H-pyrrole nitrogens is 2. The predicted molar refractivity (Wildman–Crippen MR) is 79.7 cm³/mol. The molecule has 3 rings (SSSR count). The third-order valence-corrected chi connectivity index (χ3v) is 3.16. The first-order valence-corrected chi connectivity index (χ1v) is 6.74. The minimum Gasteiger partial charge on any atom is -0.494 e. The fraction of sp³-hybridized carbons (Fsp3) is 0.133. The molecule has 7 nitrogen and oxygen atoms in total. The fourth-order valence-electron chi connectivity index (χ4n) is 2.13. The molecule has 2 heterocycles. The lowest BCUT2D eigenvalue weighted by molar-refractivity contribution is 0.0691. The number of rotatable bonds is 5. The van der Waals surface area contributed by atoms with Crippen LogP contribution >= 0.6 is 0 Å². The molecule has 0 aliphatic heterocycles. The number of imidazole rings is 1. The van der Waals surface area contributed by atoms with Crippen molar-refractivity contribution in [1.29, 1.82) is 0 Å². The summed E-state index contributed by atoms with van der Waals surface area (Å²) in [5.74, 6) is 0.176. The molecule has 0 atom stereocenters. The van der Waals surface area contributed by atoms with Gasteiger partial charge in [0.1, 0.15) is 11.6 Å². The van der Waals surface area contributed by atoms with Crippen LogP contribution in [0.25, 0.3) is 22.6 Å². The summed E-state index contributed by atoms with van der Waals surface area (Å²) in [5, 5.41) is 15.3. The number of aromatic nitrogens is 4. The van der Waals surface area contributed by atoms with E-state index in [0.717, 1.165) is 17.0 Å². The van der Waals surface area contributed by atoms with Crippen molar-refractivity contribution >= 4 is 5.97 Å². The summed E-state index contributed by atoms with van der Waals surface area (Å²) in [7, 11) is 0. The molecule has 7 heteroatoms. The van der Waals surface area contributed by atoms with Crippen molar-refractivity contribution in [3.63, 3.8) is 0 Å². The molecule has 2 aromatic heterocycles. The van der Waals surface area contributed by atoms with Crippen LogP contribution in [0, 0.1) is 0 Å². The van der Waals surface area contributed by atoms with Gasteiger partial charge in [0.15, 0.2) is 5.69 Å². The molecule has 0 bridgehead atoms. The molecular weight excluding hydrogens is 284 g/mol. The Morgan fingerprint density at radius 1 is 1.27 bits per heavy atom. The molecular formula is C15H14N4O3. The Morgan fingerprint density at radius 3 is 2.73 bits per heavy atom. The van der Waals surface area contributed by atoms with Gasteiger partial charge in [-0.05, 0) is 36.8 Å². The van der Waals surface area contributed by atoms with Crippen molar-refractivity contribution in [2.24, 2.45) is 0 Å². The van der Waals surface area contributed by atoms with Gasteiger partial charge in [-0.2, -0.15) is 5.10 Å². The van der Waals surface area contributed by atoms with Crippen molar-refractivity contribution in [3.05, 3.63) is 42.4 Å². The Hall–Kier alpha value is -3.09. The summed E-state index contributed by atoms with van der Waals surface area (Å²) >= 11 is 0. The normalized spacial score (nSPS) is 10.6. The first-order chi connectivity index (χ1) is 10.7. The Kier molecular flexibility index (Phi) is 3.61. The van der Waals surface area contributed by atoms with E-state index in [1.54, 1.807) is 6.20 Å². The predicted octanol–water partition coefficient (Wildman–Crippen LogP) is 2.56. The van der Waals surface area contributed by atoms with E-state index < -0.39 is 5.97 Å². The van der Waals surface area contributed by atoms with Crippen LogP contribution in [0.3, 0.4) is 0 Å². The highest BCUT2D eigenvalue weighted by Gasteiger charge is 2.16. The number of carboxylic acids is 1. The maximum atomic E-state index is 11.1. The molecule has 3 N–H and O–H groups in total. The van der Waals surface area contributed by atoms with Gasteiger partial charge >= 0.3 is 5.97 Å². The van der Waals surface area contributed by atoms with Gasteiger partial charge in [0.25, 0.3) is 0 Å². The van der Waals surface area contributed by atoms with E-state index >= 15 is 0 Å². The number of ether oxygens (including phenoxy) is 1. The molecule has 3 aromatic rings. The zero-order valence-corrected chi connectivity index (χ0v) is 11.8. The number of hydrogen-bond acceptors (Lipinski definition) is 4. The van der Waals surface area contributed by atoms with Crippen LogP contribution in [-0.4, -0.2) is 37.8 Å². The molecule has 0 saturated carbocycles. The highest BCUT2D eigenvalue weighted by atomic mass is 16.5. The van der Waals surface area contributed by atoms with E-state index in [1.807, 2.05) is 31.2 Å². The van der Waals surface area contributed by atoms with Crippen LogP contribution in [0.4, 0.5) is 0 Å². The SMILES string of the molecule is CCOc1ccc(-c2cnc(-c3cn[nH]c3C(=O)O)[nH]2)cc1. The first-order valence-electron chi connectivity index (χ1n) is 6.74. The van der Waals surface area contributed by atoms with Gasteiger partial charge in [0, 0.05) is 0 Å². The van der Waals surface area contributed by atoms with Crippen LogP contribution in [0.2, 0.25) is 0 Å². The lowest BCUT2D eigenvalue weighted by atomic mass is 10.1. The Morgan fingerprint density at radius 2 is 2.05 bits per heavy atom. The number of carboxylic acid groups (broad SMARTS) is 1. The van der Waals surface area contributed by atoms with Gasteiger partial charge in [0.2, 0.25) is 0 Å². The van der Waals surface area contributed by atoms with Gasteiger partial charge in [-0.15, -0.1) is 0 Å². The molecule has 0 unspecified atom stereocenters. The van der Waals surface area contributed by atoms with Crippen LogP contribution in [-0.2, 0) is 0 Å². The number of nitrogens with one attached hydrogen (secondary N) is 2. The van der Waals surface area contributed by atoms with Crippen molar-refractivity contribution in [1.82, 2.24) is 20.2 Å². The lowest BCUT2D eigenvalue weighted by Gasteiger charge is -2.03. The summed E-state index contributed by atoms with van der Waals surface area (Å²) in [6, 6.07) is 7.57. The van der Waals surface area contributed by atoms with E-state index in [-0.39, 0.29) is 5.69 Å². The summed E-state index contributed by atoms with van der Waals surface area (Å²) in [6.07, 6.45) is 3.09. The summed E-state index contributed by atoms with van der Waals surface area (Å²) in [4.78, 5) is 18.4. The monoisotopic (exact) mass is 298 g/mol. The average Bonchev–Trinajstić information content (AvgIpc) is 3.17. The van der Waals surface area contributed by atoms with Crippen LogP contribution in [0.5, 0.6) is 5.75 Å². The molecule has 0 fully saturated rings. The van der Waals surface area contributed by atoms with E-state index in [2.05, 4.69) is 20.2 Å². The molecule has 22 heavy (non-hydrogen) atoms. The van der Waals surface area contributed by atoms with Crippen molar-refractivity contribution in [3.8, 4) is 28.4 Å². The van der Waals surface area contributed by atoms with Gasteiger partial charge < -0.3 is 14.8 Å². The Labute approximate surface area is 126 Å². The van der Waals surface area contributed by atoms with E-state index in [9.17, 15) is 4.79 Å². The van der Waals surface area contributed by atoms with Gasteiger partial charge in [0.05, 0.1) is 30.3 Å². The number of aromatic amines is 2. The molecule has 0 aliphatic rings. The number of nitrogens with zero attached hydrogens (tertiary/aromatic N) is 2. The second kappa shape index (κ2) is 5.72. The highest BCUT2D eigenvalue weighted by molar-refractivity contribution is 5.92. The minimum atomic E-state index is -1.08. The van der Waals surface area contributed by atoms with Gasteiger partial charge in [-0.25, -0.2) is 9.78 Å². The maximum Gasteiger partial charge on any atom is 0.354 e. The smallest absolute Gasteiger partial charge is 0.354 e. The Bertz CT molecular complexity index is 789.